The molecule has 0 spiro atoms. The minimum atomic E-state index is -0.00445. The van der Waals surface area contributed by atoms with Crippen molar-refractivity contribution in [2.75, 3.05) is 12.8 Å². The molecule has 0 radical (unpaired) electrons. The van der Waals surface area contributed by atoms with E-state index in [1.165, 1.54) is 7.11 Å². The first-order chi connectivity index (χ1) is 12.2. The number of pyridine rings is 1. The predicted molar refractivity (Wildman–Crippen MR) is 93.8 cm³/mol. The number of ether oxygens (including phenoxy) is 1. The van der Waals surface area contributed by atoms with Gasteiger partial charge in [-0.3, -0.25) is 0 Å². The van der Waals surface area contributed by atoms with Gasteiger partial charge in [0.2, 0.25) is 5.88 Å². The predicted octanol–water partition coefficient (Wildman–Crippen LogP) is 3.79. The molecule has 118 valence electrons. The summed E-state index contributed by atoms with van der Waals surface area (Å²) in [6.45, 7) is 7.51. The molecule has 1 heterocycles. The molecule has 1 aromatic heterocycles. The minimum absolute atomic E-state index is 0.00445. The summed E-state index contributed by atoms with van der Waals surface area (Å²) in [5, 5.41) is 20.4. The first-order valence-electron chi connectivity index (χ1n) is 7.23. The van der Waals surface area contributed by atoms with Crippen LogP contribution in [-0.2, 0) is 0 Å². The molecule has 0 unspecified atom stereocenters. The highest BCUT2D eigenvalue weighted by molar-refractivity contribution is 6.04. The van der Waals surface area contributed by atoms with Gasteiger partial charge in [-0.2, -0.15) is 10.5 Å². The van der Waals surface area contributed by atoms with Gasteiger partial charge >= 0.3 is 0 Å². The van der Waals surface area contributed by atoms with E-state index in [-0.39, 0.29) is 22.9 Å². The number of hydrogen-bond acceptors (Lipinski definition) is 5. The summed E-state index contributed by atoms with van der Waals surface area (Å²) in [4.78, 5) is 7.51. The van der Waals surface area contributed by atoms with Crippen LogP contribution in [0.25, 0.3) is 26.7 Å². The highest BCUT2D eigenvalue weighted by Crippen LogP contribution is 2.44. The topological polar surface area (TPSA) is 100 Å². The zero-order valence-electron chi connectivity index (χ0n) is 13.2. The Morgan fingerprint density at radius 2 is 1.84 bits per heavy atom. The van der Waals surface area contributed by atoms with E-state index in [4.69, 9.17) is 17.0 Å². The Kier molecular flexibility index (Phi) is 3.92. The van der Waals surface area contributed by atoms with Gasteiger partial charge in [-0.25, -0.2) is 9.83 Å². The number of fused-ring (bicyclic) bond motifs is 1. The molecule has 2 N–H and O–H groups in total. The Balaban J connectivity index is 2.53. The molecule has 0 amide bonds. The van der Waals surface area contributed by atoms with Crippen LogP contribution in [0.1, 0.15) is 11.1 Å². The molecule has 6 heteroatoms. The number of rotatable bonds is 2. The van der Waals surface area contributed by atoms with Crippen molar-refractivity contribution in [2.24, 2.45) is 0 Å². The molecule has 0 saturated carbocycles. The molecule has 0 bridgehead atoms. The lowest BCUT2D eigenvalue weighted by Crippen LogP contribution is -2.01. The van der Waals surface area contributed by atoms with Crippen molar-refractivity contribution in [3.63, 3.8) is 0 Å². The first kappa shape index (κ1) is 15.8. The van der Waals surface area contributed by atoms with Gasteiger partial charge in [0.25, 0.3) is 5.69 Å². The van der Waals surface area contributed by atoms with E-state index in [1.807, 2.05) is 30.3 Å². The van der Waals surface area contributed by atoms with Crippen LogP contribution in [-0.4, -0.2) is 12.1 Å². The number of nitriles is 2. The molecule has 25 heavy (non-hydrogen) atoms. The van der Waals surface area contributed by atoms with E-state index >= 15 is 0 Å². The third-order valence-corrected chi connectivity index (χ3v) is 3.90. The maximum atomic E-state index is 9.55. The van der Waals surface area contributed by atoms with Gasteiger partial charge in [-0.15, -0.1) is 0 Å². The number of benzene rings is 2. The van der Waals surface area contributed by atoms with Crippen LogP contribution in [0.4, 0.5) is 11.5 Å². The molecule has 0 fully saturated rings. The lowest BCUT2D eigenvalue weighted by Gasteiger charge is -2.14. The summed E-state index contributed by atoms with van der Waals surface area (Å²) in [6.07, 6.45) is 0. The highest BCUT2D eigenvalue weighted by atomic mass is 16.5. The Morgan fingerprint density at radius 1 is 1.12 bits per heavy atom. The summed E-state index contributed by atoms with van der Waals surface area (Å²) in [7, 11) is 1.39. The van der Waals surface area contributed by atoms with E-state index in [2.05, 4.69) is 15.9 Å². The molecule has 6 nitrogen and oxygen atoms in total. The summed E-state index contributed by atoms with van der Waals surface area (Å²) in [5.74, 6) is 0.0603. The van der Waals surface area contributed by atoms with Gasteiger partial charge in [-0.05, 0) is 22.4 Å². The van der Waals surface area contributed by atoms with Gasteiger partial charge in [0.1, 0.15) is 11.9 Å². The van der Waals surface area contributed by atoms with E-state index in [9.17, 15) is 10.5 Å². The summed E-state index contributed by atoms with van der Waals surface area (Å²) in [5.41, 5.74) is 7.63. The average Bonchev–Trinajstić information content (AvgIpc) is 2.66. The standard InChI is InChI=1S/C19H11N5O/c1-23-17-16(15(10-21)18(22)24-19(17)25-2)14-8-7-11(9-20)12-5-3-4-6-13(12)14/h3-8H,2H3,(H2,22,24). The Hall–Kier alpha value is -4.08. The Morgan fingerprint density at radius 3 is 2.44 bits per heavy atom. The van der Waals surface area contributed by atoms with Crippen molar-refractivity contribution >= 4 is 22.3 Å². The normalized spacial score (nSPS) is 9.84. The molecular formula is C19H11N5O. The minimum Gasteiger partial charge on any atom is -0.490 e. The maximum absolute atomic E-state index is 9.55. The van der Waals surface area contributed by atoms with Gasteiger partial charge in [-0.1, -0.05) is 30.3 Å². The molecule has 0 aliphatic rings. The first-order valence-corrected chi connectivity index (χ1v) is 7.23. The van der Waals surface area contributed by atoms with E-state index in [1.54, 1.807) is 12.1 Å². The number of nitrogens with two attached hydrogens (primary N) is 1. The van der Waals surface area contributed by atoms with Crippen molar-refractivity contribution in [1.82, 2.24) is 4.98 Å². The lowest BCUT2D eigenvalue weighted by atomic mass is 9.92. The van der Waals surface area contributed by atoms with Gasteiger partial charge < -0.3 is 10.5 Å². The fourth-order valence-electron chi connectivity index (χ4n) is 2.81. The number of methoxy groups -OCH3 is 1. The van der Waals surface area contributed by atoms with Crippen LogP contribution < -0.4 is 10.5 Å². The number of nitrogen functional groups attached to an aromatic ring is 1. The second-order valence-corrected chi connectivity index (χ2v) is 5.15. The van der Waals surface area contributed by atoms with E-state index < -0.39 is 0 Å². The van der Waals surface area contributed by atoms with Gasteiger partial charge in [0, 0.05) is 5.56 Å². The quantitative estimate of drug-likeness (QED) is 0.722. The molecular weight excluding hydrogens is 314 g/mol. The fraction of sp³-hybridized carbons (Fsp3) is 0.0526. The summed E-state index contributed by atoms with van der Waals surface area (Å²) < 4.78 is 5.17. The second-order valence-electron chi connectivity index (χ2n) is 5.15. The summed E-state index contributed by atoms with van der Waals surface area (Å²) in [6, 6.07) is 14.9. The smallest absolute Gasteiger partial charge is 0.256 e. The molecule has 3 rings (SSSR count). The maximum Gasteiger partial charge on any atom is 0.256 e. The second kappa shape index (κ2) is 6.20. The molecule has 0 atom stereocenters. The van der Waals surface area contributed by atoms with Gasteiger partial charge in [0.05, 0.1) is 30.9 Å². The Labute approximate surface area is 144 Å². The average molecular weight is 325 g/mol. The monoisotopic (exact) mass is 325 g/mol. The van der Waals surface area contributed by atoms with Crippen LogP contribution in [0.15, 0.2) is 36.4 Å². The van der Waals surface area contributed by atoms with Crippen molar-refractivity contribution in [2.45, 2.75) is 0 Å². The van der Waals surface area contributed by atoms with Crippen molar-refractivity contribution in [3.05, 3.63) is 58.9 Å². The summed E-state index contributed by atoms with van der Waals surface area (Å²) >= 11 is 0. The van der Waals surface area contributed by atoms with Crippen molar-refractivity contribution < 1.29 is 4.74 Å². The molecule has 3 aromatic rings. The molecule has 2 aromatic carbocycles. The zero-order chi connectivity index (χ0) is 18.0. The third kappa shape index (κ3) is 2.37. The van der Waals surface area contributed by atoms with Crippen LogP contribution in [0.3, 0.4) is 0 Å². The van der Waals surface area contributed by atoms with Crippen molar-refractivity contribution in [1.29, 1.82) is 10.5 Å². The van der Waals surface area contributed by atoms with Crippen LogP contribution in [0.2, 0.25) is 0 Å². The number of hydrogen-bond donors (Lipinski definition) is 1. The molecule has 0 aliphatic carbocycles. The zero-order valence-corrected chi connectivity index (χ0v) is 13.2. The van der Waals surface area contributed by atoms with Crippen LogP contribution in [0, 0.1) is 29.2 Å². The molecule has 0 saturated heterocycles. The van der Waals surface area contributed by atoms with Crippen LogP contribution in [0.5, 0.6) is 5.88 Å². The lowest BCUT2D eigenvalue weighted by molar-refractivity contribution is 0.401. The number of nitrogens with zero attached hydrogens (tertiary/aromatic N) is 4. The van der Waals surface area contributed by atoms with E-state index in [0.717, 1.165) is 10.8 Å². The SMILES string of the molecule is [C-]#[N+]c1c(OC)nc(N)c(C#N)c1-c1ccc(C#N)c2ccccc12. The molecule has 0 aliphatic heterocycles. The third-order valence-electron chi connectivity index (χ3n) is 3.90. The largest absolute Gasteiger partial charge is 0.490 e. The fourth-order valence-corrected chi connectivity index (χ4v) is 2.81. The number of aromatic nitrogens is 1. The van der Waals surface area contributed by atoms with E-state index in [0.29, 0.717) is 16.7 Å². The van der Waals surface area contributed by atoms with Crippen LogP contribution >= 0.6 is 0 Å². The highest BCUT2D eigenvalue weighted by Gasteiger charge is 2.22. The van der Waals surface area contributed by atoms with Crippen molar-refractivity contribution in [3.8, 4) is 29.1 Å². The Bertz CT molecular complexity index is 1130. The van der Waals surface area contributed by atoms with Gasteiger partial charge in [0.15, 0.2) is 0 Å². The number of anilines is 1.